The summed E-state index contributed by atoms with van der Waals surface area (Å²) in [7, 11) is 0. The summed E-state index contributed by atoms with van der Waals surface area (Å²) in [6.07, 6.45) is 3.18. The van der Waals surface area contributed by atoms with Gasteiger partial charge in [-0.15, -0.1) is 0 Å². The fraction of sp³-hybridized carbons (Fsp3) is 0.350. The van der Waals surface area contributed by atoms with Gasteiger partial charge in [0, 0.05) is 49.2 Å². The highest BCUT2D eigenvalue weighted by atomic mass is 16.6. The van der Waals surface area contributed by atoms with Crippen molar-refractivity contribution in [3.8, 4) is 0 Å². The molecule has 1 fully saturated rings. The molecule has 0 saturated carbocycles. The van der Waals surface area contributed by atoms with Crippen LogP contribution in [0.2, 0.25) is 0 Å². The van der Waals surface area contributed by atoms with Crippen LogP contribution in [0.15, 0.2) is 47.1 Å². The van der Waals surface area contributed by atoms with Gasteiger partial charge in [-0.2, -0.15) is 0 Å². The summed E-state index contributed by atoms with van der Waals surface area (Å²) in [5.41, 5.74) is 0.893. The van der Waals surface area contributed by atoms with E-state index >= 15 is 0 Å². The van der Waals surface area contributed by atoms with Crippen molar-refractivity contribution in [2.24, 2.45) is 0 Å². The minimum atomic E-state index is -0.379. The van der Waals surface area contributed by atoms with Crippen LogP contribution in [0, 0.1) is 17.0 Å². The van der Waals surface area contributed by atoms with Crippen molar-refractivity contribution in [1.82, 2.24) is 9.88 Å². The average Bonchev–Trinajstić information content (AvgIpc) is 3.14. The van der Waals surface area contributed by atoms with Gasteiger partial charge >= 0.3 is 0 Å². The predicted octanol–water partition coefficient (Wildman–Crippen LogP) is 3.53. The van der Waals surface area contributed by atoms with Gasteiger partial charge in [-0.25, -0.2) is 0 Å². The Morgan fingerprint density at radius 1 is 1.21 bits per heavy atom. The van der Waals surface area contributed by atoms with Gasteiger partial charge in [0.25, 0.3) is 5.69 Å². The second-order valence-corrected chi connectivity index (χ2v) is 6.80. The molecule has 3 heterocycles. The first-order chi connectivity index (χ1) is 13.6. The average molecular weight is 382 g/mol. The molecule has 8 nitrogen and oxygen atoms in total. The summed E-state index contributed by atoms with van der Waals surface area (Å²) in [6, 6.07) is 9.10. The quantitative estimate of drug-likeness (QED) is 0.515. The number of ether oxygens (including phenoxy) is 1. The third-order valence-electron chi connectivity index (χ3n) is 5.05. The maximum atomic E-state index is 11.3. The number of furan rings is 1. The number of benzene rings is 1. The number of hydrogen-bond donors (Lipinski definition) is 1. The van der Waals surface area contributed by atoms with Crippen LogP contribution in [0.1, 0.15) is 17.6 Å². The number of non-ortho nitro benzene ring substituents is 1. The van der Waals surface area contributed by atoms with Gasteiger partial charge in [-0.3, -0.25) is 20.0 Å². The number of nitro groups is 1. The third kappa shape index (κ3) is 3.69. The summed E-state index contributed by atoms with van der Waals surface area (Å²) in [5, 5.41) is 16.1. The fourth-order valence-electron chi connectivity index (χ4n) is 3.63. The maximum Gasteiger partial charge on any atom is 0.278 e. The van der Waals surface area contributed by atoms with Gasteiger partial charge in [0.05, 0.1) is 29.6 Å². The van der Waals surface area contributed by atoms with E-state index in [0.717, 1.165) is 35.7 Å². The van der Waals surface area contributed by atoms with E-state index in [2.05, 4.69) is 15.2 Å². The number of hydrogen-bond acceptors (Lipinski definition) is 7. The molecule has 1 saturated heterocycles. The summed E-state index contributed by atoms with van der Waals surface area (Å²) in [4.78, 5) is 17.3. The Morgan fingerprint density at radius 3 is 2.75 bits per heavy atom. The second-order valence-electron chi connectivity index (χ2n) is 6.80. The molecule has 1 aromatic carbocycles. The van der Waals surface area contributed by atoms with Crippen LogP contribution in [0.5, 0.6) is 0 Å². The molecule has 28 heavy (non-hydrogen) atoms. The lowest BCUT2D eigenvalue weighted by atomic mass is 10.1. The first kappa shape index (κ1) is 18.4. The van der Waals surface area contributed by atoms with Crippen LogP contribution in [0.3, 0.4) is 0 Å². The molecule has 0 spiro atoms. The molecule has 3 aromatic rings. The second kappa shape index (κ2) is 7.95. The molecule has 8 heteroatoms. The smallest absolute Gasteiger partial charge is 0.278 e. The summed E-state index contributed by atoms with van der Waals surface area (Å²) >= 11 is 0. The molecule has 0 radical (unpaired) electrons. The van der Waals surface area contributed by atoms with Gasteiger partial charge in [0.1, 0.15) is 11.5 Å². The van der Waals surface area contributed by atoms with Crippen LogP contribution >= 0.6 is 0 Å². The minimum absolute atomic E-state index is 0.0460. The zero-order chi connectivity index (χ0) is 19.5. The van der Waals surface area contributed by atoms with Crippen molar-refractivity contribution in [3.63, 3.8) is 0 Å². The molecule has 146 valence electrons. The number of pyridine rings is 1. The minimum Gasteiger partial charge on any atom is -0.465 e. The van der Waals surface area contributed by atoms with Crippen LogP contribution in [-0.2, 0) is 4.74 Å². The largest absolute Gasteiger partial charge is 0.465 e. The first-order valence-corrected chi connectivity index (χ1v) is 9.26. The van der Waals surface area contributed by atoms with Crippen LogP contribution in [-0.4, -0.2) is 47.7 Å². The highest BCUT2D eigenvalue weighted by molar-refractivity contribution is 5.99. The number of morpholine rings is 1. The number of aromatic nitrogens is 1. The zero-order valence-corrected chi connectivity index (χ0v) is 15.6. The molecule has 1 aliphatic heterocycles. The number of nitrogens with one attached hydrogen (secondary N) is 1. The number of rotatable bonds is 6. The van der Waals surface area contributed by atoms with Crippen molar-refractivity contribution >= 4 is 22.1 Å². The Balaban J connectivity index is 1.62. The van der Waals surface area contributed by atoms with Crippen molar-refractivity contribution in [3.05, 3.63) is 64.4 Å². The van der Waals surface area contributed by atoms with E-state index in [1.165, 1.54) is 12.3 Å². The van der Waals surface area contributed by atoms with E-state index < -0.39 is 0 Å². The molecule has 1 atom stereocenters. The van der Waals surface area contributed by atoms with Crippen molar-refractivity contribution in [1.29, 1.82) is 0 Å². The monoisotopic (exact) mass is 382 g/mol. The van der Waals surface area contributed by atoms with Crippen molar-refractivity contribution in [2.75, 3.05) is 38.2 Å². The standard InChI is InChI=1S/C20H22N4O4/c1-14-2-5-20(28-14)19(23-8-10-27-11-9-23)13-22-17-3-4-18(24(25)26)16-12-21-7-6-15(16)17/h2-7,12,19,22H,8-11,13H2,1H3/t19-/m0/s1. The molecule has 1 N–H and O–H groups in total. The van der Waals surface area contributed by atoms with Crippen molar-refractivity contribution in [2.45, 2.75) is 13.0 Å². The van der Waals surface area contributed by atoms with Crippen LogP contribution in [0.25, 0.3) is 10.8 Å². The summed E-state index contributed by atoms with van der Waals surface area (Å²) < 4.78 is 11.4. The molecule has 0 aliphatic carbocycles. The molecule has 4 rings (SSSR count). The van der Waals surface area contributed by atoms with Crippen LogP contribution < -0.4 is 5.32 Å². The number of nitrogens with zero attached hydrogens (tertiary/aromatic N) is 3. The van der Waals surface area contributed by atoms with E-state index in [4.69, 9.17) is 9.15 Å². The lowest BCUT2D eigenvalue weighted by Gasteiger charge is -2.33. The molecule has 0 amide bonds. The van der Waals surface area contributed by atoms with Gasteiger partial charge in [-0.1, -0.05) is 0 Å². The Hall–Kier alpha value is -2.97. The van der Waals surface area contributed by atoms with E-state index in [1.807, 2.05) is 19.1 Å². The normalized spacial score (nSPS) is 16.2. The fourth-order valence-corrected chi connectivity index (χ4v) is 3.63. The van der Waals surface area contributed by atoms with Gasteiger partial charge in [-0.05, 0) is 31.2 Å². The Kier molecular flexibility index (Phi) is 5.23. The lowest BCUT2D eigenvalue weighted by molar-refractivity contribution is -0.383. The van der Waals surface area contributed by atoms with Gasteiger partial charge in [0.2, 0.25) is 0 Å². The van der Waals surface area contributed by atoms with Gasteiger partial charge in [0.15, 0.2) is 0 Å². The molecule has 2 aromatic heterocycles. The molecule has 0 bridgehead atoms. The SMILES string of the molecule is Cc1ccc([C@H](CNc2ccc([N+](=O)[O-])c3cnccc23)N2CCOCC2)o1. The Bertz CT molecular complexity index is 981. The topological polar surface area (TPSA) is 93.7 Å². The van der Waals surface area contributed by atoms with Crippen molar-refractivity contribution < 1.29 is 14.1 Å². The number of anilines is 1. The third-order valence-corrected chi connectivity index (χ3v) is 5.05. The zero-order valence-electron chi connectivity index (χ0n) is 15.6. The number of nitro benzene ring substituents is 1. The number of fused-ring (bicyclic) bond motifs is 1. The number of aryl methyl sites for hydroxylation is 1. The highest BCUT2D eigenvalue weighted by Crippen LogP contribution is 2.32. The summed E-state index contributed by atoms with van der Waals surface area (Å²) in [5.74, 6) is 1.78. The Morgan fingerprint density at radius 2 is 2.04 bits per heavy atom. The molecule has 0 unspecified atom stereocenters. The van der Waals surface area contributed by atoms with Crippen LogP contribution in [0.4, 0.5) is 11.4 Å². The lowest BCUT2D eigenvalue weighted by Crippen LogP contribution is -2.41. The van der Waals surface area contributed by atoms with E-state index in [-0.39, 0.29) is 16.7 Å². The predicted molar refractivity (Wildman–Crippen MR) is 105 cm³/mol. The molecule has 1 aliphatic rings. The first-order valence-electron chi connectivity index (χ1n) is 9.26. The molecular formula is C20H22N4O4. The summed E-state index contributed by atoms with van der Waals surface area (Å²) in [6.45, 7) is 5.60. The van der Waals surface area contributed by atoms with E-state index in [9.17, 15) is 10.1 Å². The van der Waals surface area contributed by atoms with Gasteiger partial charge < -0.3 is 14.5 Å². The maximum absolute atomic E-state index is 11.3. The van der Waals surface area contributed by atoms with E-state index in [1.54, 1.807) is 18.3 Å². The highest BCUT2D eigenvalue weighted by Gasteiger charge is 2.25. The Labute approximate surface area is 162 Å². The molecular weight excluding hydrogens is 360 g/mol. The van der Waals surface area contributed by atoms with E-state index in [0.29, 0.717) is 25.1 Å².